The summed E-state index contributed by atoms with van der Waals surface area (Å²) in [6.07, 6.45) is 0. The number of rotatable bonds is 5. The summed E-state index contributed by atoms with van der Waals surface area (Å²) in [5, 5.41) is 2.80. The molecule has 3 nitrogen and oxygen atoms in total. The summed E-state index contributed by atoms with van der Waals surface area (Å²) < 4.78 is 0. The molecule has 4 heteroatoms. The Kier molecular flexibility index (Phi) is 4.96. The van der Waals surface area contributed by atoms with Crippen molar-refractivity contribution in [3.63, 3.8) is 0 Å². The fourth-order valence-electron chi connectivity index (χ4n) is 1.68. The molecule has 1 N–H and O–H groups in total. The second-order valence-corrected chi connectivity index (χ2v) is 5.34. The van der Waals surface area contributed by atoms with E-state index in [1.54, 1.807) is 24.3 Å². The highest BCUT2D eigenvalue weighted by atomic mass is 32.2. The van der Waals surface area contributed by atoms with Crippen LogP contribution >= 0.6 is 11.8 Å². The zero-order chi connectivity index (χ0) is 14.4. The molecule has 0 radical (unpaired) electrons. The highest BCUT2D eigenvalue weighted by Gasteiger charge is 2.05. The highest BCUT2D eigenvalue weighted by Crippen LogP contribution is 2.17. The van der Waals surface area contributed by atoms with E-state index in [9.17, 15) is 9.59 Å². The molecule has 0 aliphatic heterocycles. The number of amides is 1. The van der Waals surface area contributed by atoms with Crippen molar-refractivity contribution in [1.29, 1.82) is 0 Å². The van der Waals surface area contributed by atoms with E-state index in [1.807, 2.05) is 30.3 Å². The van der Waals surface area contributed by atoms with E-state index in [2.05, 4.69) is 5.32 Å². The van der Waals surface area contributed by atoms with Crippen molar-refractivity contribution < 1.29 is 9.59 Å². The fourth-order valence-corrected chi connectivity index (χ4v) is 2.40. The molecule has 2 aromatic rings. The molecule has 2 aromatic carbocycles. The lowest BCUT2D eigenvalue weighted by atomic mass is 10.1. The molecule has 0 saturated heterocycles. The Bertz CT molecular complexity index is 611. The molecule has 0 aliphatic rings. The van der Waals surface area contributed by atoms with Gasteiger partial charge in [-0.05, 0) is 31.2 Å². The summed E-state index contributed by atoms with van der Waals surface area (Å²) >= 11 is 1.48. The lowest BCUT2D eigenvalue weighted by molar-refractivity contribution is -0.113. The minimum Gasteiger partial charge on any atom is -0.325 e. The molecule has 2 rings (SSSR count). The maximum atomic E-state index is 11.9. The Hall–Kier alpha value is -2.07. The van der Waals surface area contributed by atoms with Crippen LogP contribution in [-0.4, -0.2) is 17.4 Å². The molecule has 20 heavy (non-hydrogen) atoms. The number of benzene rings is 2. The predicted octanol–water partition coefficient (Wildman–Crippen LogP) is 3.62. The zero-order valence-corrected chi connectivity index (χ0v) is 11.9. The number of carbonyl (C=O) groups excluding carboxylic acids is 2. The second kappa shape index (κ2) is 6.91. The average Bonchev–Trinajstić information content (AvgIpc) is 2.46. The molecule has 0 unspecified atom stereocenters. The summed E-state index contributed by atoms with van der Waals surface area (Å²) in [6, 6.07) is 16.7. The number of anilines is 1. The second-order valence-electron chi connectivity index (χ2n) is 4.29. The molecule has 0 atom stereocenters. The van der Waals surface area contributed by atoms with Gasteiger partial charge in [0.2, 0.25) is 5.91 Å². The van der Waals surface area contributed by atoms with Crippen LogP contribution in [0.5, 0.6) is 0 Å². The normalized spacial score (nSPS) is 10.1. The van der Waals surface area contributed by atoms with Crippen molar-refractivity contribution in [3.05, 3.63) is 60.2 Å². The number of nitrogens with one attached hydrogen (secondary N) is 1. The lowest BCUT2D eigenvalue weighted by Crippen LogP contribution is -2.14. The maximum absolute atomic E-state index is 11.9. The standard InChI is InChI=1S/C16H15NO2S/c1-12(18)13-6-5-7-14(10-13)17-16(19)11-20-15-8-3-2-4-9-15/h2-10H,11H2,1H3,(H,17,19). The Morgan fingerprint density at radius 1 is 1.05 bits per heavy atom. The van der Waals surface area contributed by atoms with E-state index in [-0.39, 0.29) is 11.7 Å². The van der Waals surface area contributed by atoms with Gasteiger partial charge in [-0.2, -0.15) is 0 Å². The Balaban J connectivity index is 1.91. The first-order chi connectivity index (χ1) is 9.65. The Morgan fingerprint density at radius 3 is 2.50 bits per heavy atom. The van der Waals surface area contributed by atoms with Crippen LogP contribution in [-0.2, 0) is 4.79 Å². The first kappa shape index (κ1) is 14.3. The molecular formula is C16H15NO2S. The number of thioether (sulfide) groups is 1. The van der Waals surface area contributed by atoms with E-state index in [1.165, 1.54) is 18.7 Å². The Labute approximate surface area is 122 Å². The third kappa shape index (κ3) is 4.24. The van der Waals surface area contributed by atoms with Gasteiger partial charge in [0.25, 0.3) is 0 Å². The maximum Gasteiger partial charge on any atom is 0.234 e. The van der Waals surface area contributed by atoms with E-state index in [0.717, 1.165) is 4.90 Å². The van der Waals surface area contributed by atoms with Crippen molar-refractivity contribution in [3.8, 4) is 0 Å². The Morgan fingerprint density at radius 2 is 1.80 bits per heavy atom. The van der Waals surface area contributed by atoms with Crippen LogP contribution < -0.4 is 5.32 Å². The van der Waals surface area contributed by atoms with Gasteiger partial charge in [-0.25, -0.2) is 0 Å². The van der Waals surface area contributed by atoms with Crippen LogP contribution in [0.1, 0.15) is 17.3 Å². The quantitative estimate of drug-likeness (QED) is 0.674. The van der Waals surface area contributed by atoms with Gasteiger partial charge in [0.15, 0.2) is 5.78 Å². The zero-order valence-electron chi connectivity index (χ0n) is 11.1. The highest BCUT2D eigenvalue weighted by molar-refractivity contribution is 8.00. The van der Waals surface area contributed by atoms with E-state index >= 15 is 0 Å². The molecule has 0 aliphatic carbocycles. The van der Waals surface area contributed by atoms with Crippen molar-refractivity contribution in [2.24, 2.45) is 0 Å². The SMILES string of the molecule is CC(=O)c1cccc(NC(=O)CSc2ccccc2)c1. The molecule has 0 spiro atoms. The molecule has 0 fully saturated rings. The van der Waals surface area contributed by atoms with Crippen LogP contribution in [0.2, 0.25) is 0 Å². The summed E-state index contributed by atoms with van der Waals surface area (Å²) in [7, 11) is 0. The van der Waals surface area contributed by atoms with Crippen LogP contribution in [0.25, 0.3) is 0 Å². The summed E-state index contributed by atoms with van der Waals surface area (Å²) in [5.41, 5.74) is 1.25. The molecule has 0 heterocycles. The van der Waals surface area contributed by atoms with Crippen molar-refractivity contribution >= 4 is 29.1 Å². The van der Waals surface area contributed by atoms with Gasteiger partial charge in [0.05, 0.1) is 5.75 Å². The third-order valence-corrected chi connectivity index (χ3v) is 3.68. The van der Waals surface area contributed by atoms with Crippen molar-refractivity contribution in [2.75, 3.05) is 11.1 Å². The van der Waals surface area contributed by atoms with Gasteiger partial charge in [0, 0.05) is 16.1 Å². The number of hydrogen-bond acceptors (Lipinski definition) is 3. The number of Topliss-reactive ketones (excluding diaryl/α,β-unsaturated/α-hetero) is 1. The van der Waals surface area contributed by atoms with Gasteiger partial charge in [-0.15, -0.1) is 11.8 Å². The molecular weight excluding hydrogens is 270 g/mol. The fraction of sp³-hybridized carbons (Fsp3) is 0.125. The van der Waals surface area contributed by atoms with Crippen LogP contribution in [0.15, 0.2) is 59.5 Å². The molecule has 0 bridgehead atoms. The molecule has 1 amide bonds. The summed E-state index contributed by atoms with van der Waals surface area (Å²) in [4.78, 5) is 24.2. The van der Waals surface area contributed by atoms with Gasteiger partial charge < -0.3 is 5.32 Å². The van der Waals surface area contributed by atoms with Crippen LogP contribution in [0, 0.1) is 0 Å². The minimum absolute atomic E-state index is 0.0141. The van der Waals surface area contributed by atoms with Crippen LogP contribution in [0.4, 0.5) is 5.69 Å². The first-order valence-electron chi connectivity index (χ1n) is 6.24. The van der Waals surface area contributed by atoms with E-state index < -0.39 is 0 Å². The van der Waals surface area contributed by atoms with Gasteiger partial charge >= 0.3 is 0 Å². The number of ketones is 1. The van der Waals surface area contributed by atoms with Gasteiger partial charge in [-0.3, -0.25) is 9.59 Å². The minimum atomic E-state index is -0.0837. The van der Waals surface area contributed by atoms with Gasteiger partial charge in [0.1, 0.15) is 0 Å². The lowest BCUT2D eigenvalue weighted by Gasteiger charge is -2.06. The summed E-state index contributed by atoms with van der Waals surface area (Å²) in [5.74, 6) is 0.244. The number of carbonyl (C=O) groups is 2. The van der Waals surface area contributed by atoms with Crippen molar-refractivity contribution in [1.82, 2.24) is 0 Å². The average molecular weight is 285 g/mol. The molecule has 102 valence electrons. The molecule has 0 aromatic heterocycles. The van der Waals surface area contributed by atoms with E-state index in [0.29, 0.717) is 17.0 Å². The largest absolute Gasteiger partial charge is 0.325 e. The predicted molar refractivity (Wildman–Crippen MR) is 82.2 cm³/mol. The topological polar surface area (TPSA) is 46.2 Å². The smallest absolute Gasteiger partial charge is 0.234 e. The van der Waals surface area contributed by atoms with Crippen molar-refractivity contribution in [2.45, 2.75) is 11.8 Å². The summed E-state index contributed by atoms with van der Waals surface area (Å²) in [6.45, 7) is 1.51. The van der Waals surface area contributed by atoms with Gasteiger partial charge in [-0.1, -0.05) is 30.3 Å². The van der Waals surface area contributed by atoms with E-state index in [4.69, 9.17) is 0 Å². The first-order valence-corrected chi connectivity index (χ1v) is 7.22. The number of hydrogen-bond donors (Lipinski definition) is 1. The molecule has 0 saturated carbocycles. The monoisotopic (exact) mass is 285 g/mol. The third-order valence-electron chi connectivity index (χ3n) is 2.67. The van der Waals surface area contributed by atoms with Crippen LogP contribution in [0.3, 0.4) is 0 Å².